The minimum Gasteiger partial charge on any atom is -0.304 e. The molecule has 0 aromatic carbocycles. The number of ketones is 1. The molecule has 1 aliphatic heterocycles. The molecule has 6 nitrogen and oxygen atoms in total. The van der Waals surface area contributed by atoms with Gasteiger partial charge in [-0.2, -0.15) is 0 Å². The summed E-state index contributed by atoms with van der Waals surface area (Å²) in [7, 11) is 2.10. The number of hydrogen-bond acceptors (Lipinski definition) is 6. The van der Waals surface area contributed by atoms with E-state index >= 15 is 0 Å². The van der Waals surface area contributed by atoms with Gasteiger partial charge in [-0.1, -0.05) is 0 Å². The third-order valence-electron chi connectivity index (χ3n) is 5.01. The van der Waals surface area contributed by atoms with Crippen molar-refractivity contribution in [3.8, 4) is 11.3 Å². The van der Waals surface area contributed by atoms with Crippen LogP contribution < -0.4 is 0 Å². The zero-order valence-corrected chi connectivity index (χ0v) is 15.8. The van der Waals surface area contributed by atoms with Crippen molar-refractivity contribution in [2.45, 2.75) is 6.42 Å². The number of fused-ring (bicyclic) bond motifs is 1. The molecule has 3 aromatic heterocycles. The normalized spacial score (nSPS) is 15.8. The monoisotopic (exact) mass is 379 g/mol. The number of Topliss-reactive ketones (excluding diaryl/α,β-unsaturated/α-hetero) is 1. The number of rotatable bonds is 5. The van der Waals surface area contributed by atoms with Crippen LogP contribution in [0.5, 0.6) is 0 Å². The molecule has 1 fully saturated rings. The third-order valence-corrected chi connectivity index (χ3v) is 5.01. The van der Waals surface area contributed by atoms with E-state index in [4.69, 9.17) is 0 Å². The number of piperazine rings is 1. The average molecular weight is 379 g/mol. The minimum absolute atomic E-state index is 0.155. The molecule has 1 aliphatic rings. The quantitative estimate of drug-likeness (QED) is 0.677. The van der Waals surface area contributed by atoms with Crippen molar-refractivity contribution in [2.75, 3.05) is 39.8 Å². The van der Waals surface area contributed by atoms with Gasteiger partial charge in [0.2, 0.25) is 0 Å². The fourth-order valence-electron chi connectivity index (χ4n) is 3.38. The van der Waals surface area contributed by atoms with E-state index in [-0.39, 0.29) is 12.2 Å². The van der Waals surface area contributed by atoms with Crippen LogP contribution in [0, 0.1) is 5.82 Å². The Morgan fingerprint density at radius 1 is 1.11 bits per heavy atom. The van der Waals surface area contributed by atoms with Gasteiger partial charge in [0.15, 0.2) is 5.78 Å². The summed E-state index contributed by atoms with van der Waals surface area (Å²) < 4.78 is 13.4. The van der Waals surface area contributed by atoms with E-state index in [1.165, 1.54) is 12.3 Å². The fourth-order valence-corrected chi connectivity index (χ4v) is 3.38. The highest BCUT2D eigenvalue weighted by molar-refractivity contribution is 5.85. The van der Waals surface area contributed by atoms with Crippen molar-refractivity contribution in [2.24, 2.45) is 0 Å². The molecule has 7 heteroatoms. The maximum Gasteiger partial charge on any atom is 0.152 e. The first-order valence-electron chi connectivity index (χ1n) is 9.36. The van der Waals surface area contributed by atoms with Crippen molar-refractivity contribution >= 4 is 16.7 Å². The lowest BCUT2D eigenvalue weighted by Crippen LogP contribution is -2.46. The average Bonchev–Trinajstić information content (AvgIpc) is 2.69. The minimum atomic E-state index is -0.399. The Morgan fingerprint density at radius 3 is 2.71 bits per heavy atom. The molecular formula is C21H22FN5O. The predicted octanol–water partition coefficient (Wildman–Crippen LogP) is 2.19. The van der Waals surface area contributed by atoms with Crippen molar-refractivity contribution in [3.63, 3.8) is 0 Å². The van der Waals surface area contributed by atoms with E-state index in [9.17, 15) is 9.18 Å². The Kier molecular flexibility index (Phi) is 5.36. The van der Waals surface area contributed by atoms with Crippen LogP contribution in [-0.2, 0) is 11.2 Å². The second kappa shape index (κ2) is 8.08. The van der Waals surface area contributed by atoms with Gasteiger partial charge in [-0.15, -0.1) is 0 Å². The largest absolute Gasteiger partial charge is 0.304 e. The van der Waals surface area contributed by atoms with Gasteiger partial charge in [-0.25, -0.2) is 9.37 Å². The van der Waals surface area contributed by atoms with E-state index in [1.54, 1.807) is 12.4 Å². The predicted molar refractivity (Wildman–Crippen MR) is 105 cm³/mol. The number of aromatic nitrogens is 3. The lowest BCUT2D eigenvalue weighted by Gasteiger charge is -2.31. The van der Waals surface area contributed by atoms with Crippen LogP contribution in [0.3, 0.4) is 0 Å². The molecule has 0 bridgehead atoms. The summed E-state index contributed by atoms with van der Waals surface area (Å²) in [4.78, 5) is 29.8. The molecule has 4 rings (SSSR count). The third kappa shape index (κ3) is 4.37. The lowest BCUT2D eigenvalue weighted by atomic mass is 10.1. The van der Waals surface area contributed by atoms with E-state index in [1.807, 2.05) is 18.2 Å². The highest BCUT2D eigenvalue weighted by atomic mass is 19.1. The van der Waals surface area contributed by atoms with Gasteiger partial charge in [0.05, 0.1) is 30.4 Å². The molecule has 4 heterocycles. The smallest absolute Gasteiger partial charge is 0.152 e. The van der Waals surface area contributed by atoms with Crippen LogP contribution in [0.25, 0.3) is 22.2 Å². The van der Waals surface area contributed by atoms with Gasteiger partial charge in [0.25, 0.3) is 0 Å². The summed E-state index contributed by atoms with van der Waals surface area (Å²) in [6, 6.07) is 6.96. The van der Waals surface area contributed by atoms with Gasteiger partial charge < -0.3 is 4.90 Å². The summed E-state index contributed by atoms with van der Waals surface area (Å²) in [6.07, 6.45) is 4.77. The number of likely N-dealkylation sites (N-methyl/N-ethyl adjacent to an activating group) is 1. The Bertz CT molecular complexity index is 1000. The zero-order valence-electron chi connectivity index (χ0n) is 15.8. The summed E-state index contributed by atoms with van der Waals surface area (Å²) in [6.45, 7) is 4.27. The Labute approximate surface area is 163 Å². The van der Waals surface area contributed by atoms with Crippen molar-refractivity contribution in [3.05, 3.63) is 54.4 Å². The molecule has 0 amide bonds. The highest BCUT2D eigenvalue weighted by Crippen LogP contribution is 2.21. The van der Waals surface area contributed by atoms with Crippen LogP contribution in [-0.4, -0.2) is 70.3 Å². The van der Waals surface area contributed by atoms with Gasteiger partial charge >= 0.3 is 0 Å². The van der Waals surface area contributed by atoms with Crippen LogP contribution in [0.4, 0.5) is 4.39 Å². The molecule has 28 heavy (non-hydrogen) atoms. The summed E-state index contributed by atoms with van der Waals surface area (Å²) in [5, 5.41) is 0.878. The summed E-state index contributed by atoms with van der Waals surface area (Å²) >= 11 is 0. The molecule has 0 N–H and O–H groups in total. The second-order valence-electron chi connectivity index (χ2n) is 7.25. The molecule has 1 saturated heterocycles. The number of carbonyl (C=O) groups excluding carboxylic acids is 1. The standard InChI is InChI=1S/C21H22FN5O/c1-26-4-6-27(7-5-26)14-19(28)9-18-10-21-15(12-24-18)2-3-20(25-21)16-8-17(22)13-23-11-16/h2-3,8,10-13H,4-7,9,14H2,1H3. The number of nitrogens with zero attached hydrogens (tertiary/aromatic N) is 5. The zero-order chi connectivity index (χ0) is 19.5. The van der Waals surface area contributed by atoms with E-state index < -0.39 is 5.82 Å². The first-order valence-corrected chi connectivity index (χ1v) is 9.36. The van der Waals surface area contributed by atoms with Gasteiger partial charge in [-0.05, 0) is 31.3 Å². The molecule has 0 spiro atoms. The Balaban J connectivity index is 1.49. The number of pyridine rings is 3. The molecule has 144 valence electrons. The number of hydrogen-bond donors (Lipinski definition) is 0. The van der Waals surface area contributed by atoms with Gasteiger partial charge in [0, 0.05) is 55.2 Å². The summed E-state index contributed by atoms with van der Waals surface area (Å²) in [5.41, 5.74) is 2.69. The van der Waals surface area contributed by atoms with E-state index in [0.717, 1.165) is 37.1 Å². The van der Waals surface area contributed by atoms with Crippen LogP contribution >= 0.6 is 0 Å². The second-order valence-corrected chi connectivity index (χ2v) is 7.25. The number of carbonyl (C=O) groups is 1. The van der Waals surface area contributed by atoms with Crippen LogP contribution in [0.1, 0.15) is 5.69 Å². The fraction of sp³-hybridized carbons (Fsp3) is 0.333. The number of halogens is 1. The van der Waals surface area contributed by atoms with Crippen molar-refractivity contribution < 1.29 is 9.18 Å². The van der Waals surface area contributed by atoms with Crippen molar-refractivity contribution in [1.82, 2.24) is 24.8 Å². The van der Waals surface area contributed by atoms with E-state index in [2.05, 4.69) is 31.8 Å². The Morgan fingerprint density at radius 2 is 1.93 bits per heavy atom. The van der Waals surface area contributed by atoms with Crippen LogP contribution in [0.15, 0.2) is 42.9 Å². The van der Waals surface area contributed by atoms with Crippen molar-refractivity contribution in [1.29, 1.82) is 0 Å². The summed E-state index contributed by atoms with van der Waals surface area (Å²) in [5.74, 6) is -0.244. The first-order chi connectivity index (χ1) is 13.6. The maximum absolute atomic E-state index is 13.4. The van der Waals surface area contributed by atoms with Gasteiger partial charge in [0.1, 0.15) is 5.82 Å². The molecule has 0 aliphatic carbocycles. The molecule has 0 saturated carbocycles. The molecule has 0 radical (unpaired) electrons. The molecule has 3 aromatic rings. The molecule has 0 atom stereocenters. The SMILES string of the molecule is CN1CCN(CC(=O)Cc2cc3nc(-c4cncc(F)c4)ccc3cn2)CC1. The molecular weight excluding hydrogens is 357 g/mol. The van der Waals surface area contributed by atoms with Crippen LogP contribution in [0.2, 0.25) is 0 Å². The lowest BCUT2D eigenvalue weighted by molar-refractivity contribution is -0.120. The maximum atomic E-state index is 13.4. The highest BCUT2D eigenvalue weighted by Gasteiger charge is 2.17. The topological polar surface area (TPSA) is 62.2 Å². The Hall–Kier alpha value is -2.77. The van der Waals surface area contributed by atoms with E-state index in [0.29, 0.717) is 23.5 Å². The first kappa shape index (κ1) is 18.6. The van der Waals surface area contributed by atoms with Gasteiger partial charge in [-0.3, -0.25) is 19.7 Å². The molecule has 0 unspecified atom stereocenters.